The second-order valence-corrected chi connectivity index (χ2v) is 9.79. The molecule has 172 valence electrons. The summed E-state index contributed by atoms with van der Waals surface area (Å²) in [6, 6.07) is 9.64. The van der Waals surface area contributed by atoms with Crippen molar-refractivity contribution >= 4 is 5.97 Å². The van der Waals surface area contributed by atoms with Gasteiger partial charge in [0.05, 0.1) is 20.1 Å². The molecule has 4 rings (SSSR count). The molecule has 32 heavy (non-hydrogen) atoms. The summed E-state index contributed by atoms with van der Waals surface area (Å²) in [7, 11) is 2.27. The highest BCUT2D eigenvalue weighted by Gasteiger charge is 2.48. The van der Waals surface area contributed by atoms with Gasteiger partial charge in [0, 0.05) is 37.6 Å². The first-order valence-corrected chi connectivity index (χ1v) is 12.1. The zero-order valence-electron chi connectivity index (χ0n) is 19.2. The van der Waals surface area contributed by atoms with Crippen molar-refractivity contribution in [3.63, 3.8) is 0 Å². The summed E-state index contributed by atoms with van der Waals surface area (Å²) >= 11 is 0. The predicted molar refractivity (Wildman–Crippen MR) is 123 cm³/mol. The molecule has 1 aliphatic carbocycles. The van der Waals surface area contributed by atoms with E-state index in [4.69, 9.17) is 4.74 Å². The van der Waals surface area contributed by atoms with Crippen LogP contribution in [0, 0.1) is 5.92 Å². The third-order valence-corrected chi connectivity index (χ3v) is 7.71. The number of carbonyl (C=O) groups excluding carboxylic acids is 1. The van der Waals surface area contributed by atoms with E-state index < -0.39 is 11.6 Å². The van der Waals surface area contributed by atoms with Crippen molar-refractivity contribution in [2.45, 2.75) is 63.0 Å². The first-order chi connectivity index (χ1) is 15.5. The second-order valence-electron chi connectivity index (χ2n) is 9.79. The van der Waals surface area contributed by atoms with E-state index in [-0.39, 0.29) is 12.0 Å². The first kappa shape index (κ1) is 22.9. The van der Waals surface area contributed by atoms with Gasteiger partial charge in [0.15, 0.2) is 5.60 Å². The number of nitrogens with zero attached hydrogens (tertiary/aromatic N) is 3. The number of aliphatic hydroxyl groups is 1. The van der Waals surface area contributed by atoms with E-state index in [1.54, 1.807) is 6.33 Å². The molecule has 2 aromatic rings. The highest BCUT2D eigenvalue weighted by molar-refractivity contribution is 5.81. The number of carbonyl (C=O) groups is 1. The van der Waals surface area contributed by atoms with E-state index in [1.165, 1.54) is 0 Å². The average Bonchev–Trinajstić information content (AvgIpc) is 3.49. The number of aryl methyl sites for hydroxylation is 1. The summed E-state index contributed by atoms with van der Waals surface area (Å²) in [6.45, 7) is 2.49. The molecule has 0 amide bonds. The van der Waals surface area contributed by atoms with Crippen molar-refractivity contribution < 1.29 is 19.1 Å². The van der Waals surface area contributed by atoms with Crippen LogP contribution in [-0.4, -0.2) is 58.3 Å². The van der Waals surface area contributed by atoms with Gasteiger partial charge in [0.2, 0.25) is 0 Å². The van der Waals surface area contributed by atoms with Crippen molar-refractivity contribution in [1.82, 2.24) is 9.97 Å². The lowest BCUT2D eigenvalue weighted by atomic mass is 9.80. The number of ether oxygens (including phenoxy) is 1. The Labute approximate surface area is 191 Å². The molecule has 1 aromatic heterocycles. The third kappa shape index (κ3) is 4.86. The molecule has 0 radical (unpaired) electrons. The van der Waals surface area contributed by atoms with E-state index >= 15 is 0 Å². The molecule has 1 saturated heterocycles. The molecule has 2 heterocycles. The Balaban J connectivity index is 1.38. The van der Waals surface area contributed by atoms with Gasteiger partial charge in [0.1, 0.15) is 19.0 Å². The Kier molecular flexibility index (Phi) is 7.21. The fourth-order valence-electron chi connectivity index (χ4n) is 5.68. The number of hydrogen-bond donors (Lipinski definition) is 1. The molecule has 3 unspecified atom stereocenters. The first-order valence-electron chi connectivity index (χ1n) is 12.1. The maximum Gasteiger partial charge on any atom is 0.343 e. The fourth-order valence-corrected chi connectivity index (χ4v) is 5.68. The van der Waals surface area contributed by atoms with Crippen LogP contribution >= 0.6 is 0 Å². The molecule has 1 saturated carbocycles. The normalized spacial score (nSPS) is 25.5. The van der Waals surface area contributed by atoms with Crippen molar-refractivity contribution in [2.24, 2.45) is 5.92 Å². The minimum Gasteiger partial charge on any atom is -0.457 e. The molecule has 3 atom stereocenters. The Bertz CT molecular complexity index is 872. The molecular weight excluding hydrogens is 402 g/mol. The Morgan fingerprint density at radius 1 is 1.12 bits per heavy atom. The van der Waals surface area contributed by atoms with Gasteiger partial charge >= 0.3 is 5.97 Å². The lowest BCUT2D eigenvalue weighted by Gasteiger charge is -2.37. The minimum absolute atomic E-state index is 0.0741. The van der Waals surface area contributed by atoms with Gasteiger partial charge in [-0.15, -0.1) is 0 Å². The van der Waals surface area contributed by atoms with E-state index in [0.29, 0.717) is 12.2 Å². The lowest BCUT2D eigenvalue weighted by molar-refractivity contribution is -0.921. The number of esters is 1. The second kappa shape index (κ2) is 10.1. The predicted octanol–water partition coefficient (Wildman–Crippen LogP) is 3.64. The van der Waals surface area contributed by atoms with Crippen LogP contribution in [-0.2, 0) is 21.6 Å². The maximum atomic E-state index is 13.3. The summed E-state index contributed by atoms with van der Waals surface area (Å²) < 4.78 is 6.80. The van der Waals surface area contributed by atoms with Crippen molar-refractivity contribution in [3.8, 4) is 0 Å². The van der Waals surface area contributed by atoms with Crippen LogP contribution < -0.4 is 0 Å². The van der Waals surface area contributed by atoms with Gasteiger partial charge in [-0.1, -0.05) is 43.2 Å². The number of aromatic nitrogens is 2. The van der Waals surface area contributed by atoms with E-state index in [0.717, 1.165) is 74.5 Å². The zero-order chi connectivity index (χ0) is 22.4. The van der Waals surface area contributed by atoms with Crippen LogP contribution in [0.1, 0.15) is 56.1 Å². The van der Waals surface area contributed by atoms with Crippen LogP contribution in [0.2, 0.25) is 0 Å². The molecular formula is C26H36N3O3+. The number of likely N-dealkylation sites (tertiary alicyclic amines) is 1. The molecule has 6 nitrogen and oxygen atoms in total. The van der Waals surface area contributed by atoms with Crippen LogP contribution in [0.4, 0.5) is 0 Å². The smallest absolute Gasteiger partial charge is 0.343 e. The summed E-state index contributed by atoms with van der Waals surface area (Å²) in [5.74, 6) is -0.551. The van der Waals surface area contributed by atoms with Gasteiger partial charge in [-0.2, -0.15) is 0 Å². The molecule has 0 spiro atoms. The monoisotopic (exact) mass is 438 g/mol. The molecule has 1 N–H and O–H groups in total. The van der Waals surface area contributed by atoms with Gasteiger partial charge in [-0.05, 0) is 30.4 Å². The van der Waals surface area contributed by atoms with Crippen LogP contribution in [0.15, 0.2) is 49.1 Å². The molecule has 2 fully saturated rings. The summed E-state index contributed by atoms with van der Waals surface area (Å²) in [5.41, 5.74) is 0.268. The van der Waals surface area contributed by atoms with E-state index in [1.807, 2.05) is 42.7 Å². The van der Waals surface area contributed by atoms with E-state index in [2.05, 4.69) is 17.0 Å². The topological polar surface area (TPSA) is 72.3 Å². The number of benzene rings is 1. The van der Waals surface area contributed by atoms with Gasteiger partial charge in [-0.25, -0.2) is 14.8 Å². The van der Waals surface area contributed by atoms with Crippen LogP contribution in [0.25, 0.3) is 0 Å². The molecule has 1 aromatic carbocycles. The number of quaternary nitrogens is 1. The molecule has 0 bridgehead atoms. The van der Waals surface area contributed by atoms with Crippen LogP contribution in [0.5, 0.6) is 0 Å². The molecule has 2 aliphatic rings. The van der Waals surface area contributed by atoms with Gasteiger partial charge in [0.25, 0.3) is 0 Å². The number of rotatable bonds is 9. The molecule has 6 heteroatoms. The SMILES string of the molecule is C[N+]1(CCCc2cncnc2)CCCC1COC(=O)C(O)(c1ccccc1)C1CCCC1. The summed E-state index contributed by atoms with van der Waals surface area (Å²) in [4.78, 5) is 21.5. The minimum atomic E-state index is -1.55. The lowest BCUT2D eigenvalue weighted by Crippen LogP contribution is -2.52. The highest BCUT2D eigenvalue weighted by atomic mass is 16.6. The molecule has 1 aliphatic heterocycles. The summed E-state index contributed by atoms with van der Waals surface area (Å²) in [6.07, 6.45) is 13.3. The van der Waals surface area contributed by atoms with Crippen molar-refractivity contribution in [1.29, 1.82) is 0 Å². The van der Waals surface area contributed by atoms with Gasteiger partial charge in [-0.3, -0.25) is 0 Å². The maximum absolute atomic E-state index is 13.3. The standard InChI is InChI=1S/C26H36N3O3/c1-29(15-7-9-21-17-27-20-28-18-21)16-8-14-24(29)19-32-25(30)26(31,23-12-5-6-13-23)22-10-3-2-4-11-22/h2-4,10-11,17-18,20,23-24,31H,5-9,12-16,19H2,1H3/q+1. The van der Waals surface area contributed by atoms with Crippen LogP contribution in [0.3, 0.4) is 0 Å². The Morgan fingerprint density at radius 2 is 1.84 bits per heavy atom. The quantitative estimate of drug-likeness (QED) is 0.478. The van der Waals surface area contributed by atoms with Crippen molar-refractivity contribution in [2.75, 3.05) is 26.7 Å². The zero-order valence-corrected chi connectivity index (χ0v) is 19.2. The average molecular weight is 439 g/mol. The van der Waals surface area contributed by atoms with Gasteiger partial charge < -0.3 is 14.3 Å². The Hall–Kier alpha value is -2.31. The fraction of sp³-hybridized carbons (Fsp3) is 0.577. The number of hydrogen-bond acceptors (Lipinski definition) is 5. The Morgan fingerprint density at radius 3 is 2.56 bits per heavy atom. The van der Waals surface area contributed by atoms with E-state index in [9.17, 15) is 9.90 Å². The number of likely N-dealkylation sites (N-methyl/N-ethyl adjacent to an activating group) is 1. The highest BCUT2D eigenvalue weighted by Crippen LogP contribution is 2.41. The van der Waals surface area contributed by atoms with Crippen molar-refractivity contribution in [3.05, 3.63) is 60.2 Å². The largest absolute Gasteiger partial charge is 0.457 e. The third-order valence-electron chi connectivity index (χ3n) is 7.71. The summed E-state index contributed by atoms with van der Waals surface area (Å²) in [5, 5.41) is 11.6.